The number of pyridine rings is 1. The highest BCUT2D eigenvalue weighted by molar-refractivity contribution is 6.09. The summed E-state index contributed by atoms with van der Waals surface area (Å²) in [4.78, 5) is 19.6. The predicted molar refractivity (Wildman–Crippen MR) is 152 cm³/mol. The fourth-order valence-corrected chi connectivity index (χ4v) is 7.88. The van der Waals surface area contributed by atoms with Crippen LogP contribution in [0.2, 0.25) is 0 Å². The summed E-state index contributed by atoms with van der Waals surface area (Å²) in [6.07, 6.45) is 18.8. The molecule has 9 heteroatoms. The average molecular weight is 542 g/mol. The molecular weight excluding hydrogens is 502 g/mol. The van der Waals surface area contributed by atoms with Crippen molar-refractivity contribution in [1.82, 2.24) is 30.3 Å². The standard InChI is InChI=1S/C31H39N7O2/c1-21-25(19-37(2)35-21)22-15-24-26(32-18-22)20-38(29(24)39)27-9-10-28(34-33-27)40-23-16-30(11-5-3-6-12-30)36-31(17-23)13-7-4-8-14-31/h9-10,15,18-19,23,36H,3-8,11-14,16-17,20H2,1-2H3. The molecule has 9 nitrogen and oxygen atoms in total. The van der Waals surface area contributed by atoms with E-state index >= 15 is 0 Å². The number of nitrogens with one attached hydrogen (secondary N) is 1. The maximum absolute atomic E-state index is 13.4. The third-order valence-corrected chi connectivity index (χ3v) is 9.66. The quantitative estimate of drug-likeness (QED) is 0.480. The van der Waals surface area contributed by atoms with Crippen molar-refractivity contribution in [1.29, 1.82) is 0 Å². The van der Waals surface area contributed by atoms with E-state index in [1.807, 2.05) is 44.6 Å². The minimum atomic E-state index is -0.106. The third kappa shape index (κ3) is 4.68. The fraction of sp³-hybridized carbons (Fsp3) is 0.581. The Hall–Kier alpha value is -3.33. The van der Waals surface area contributed by atoms with Gasteiger partial charge in [-0.25, -0.2) is 0 Å². The van der Waals surface area contributed by atoms with Gasteiger partial charge in [-0.1, -0.05) is 38.5 Å². The first-order valence-electron chi connectivity index (χ1n) is 15.0. The molecule has 7 rings (SSSR count). The van der Waals surface area contributed by atoms with E-state index < -0.39 is 0 Å². The number of carbonyl (C=O) groups is 1. The van der Waals surface area contributed by atoms with Crippen LogP contribution in [0, 0.1) is 6.92 Å². The molecule has 0 unspecified atom stereocenters. The zero-order valence-corrected chi connectivity index (χ0v) is 23.7. The highest BCUT2D eigenvalue weighted by Crippen LogP contribution is 2.45. The van der Waals surface area contributed by atoms with Gasteiger partial charge < -0.3 is 10.1 Å². The molecule has 3 aromatic heterocycles. The maximum atomic E-state index is 13.4. The summed E-state index contributed by atoms with van der Waals surface area (Å²) < 4.78 is 8.33. The van der Waals surface area contributed by atoms with E-state index in [-0.39, 0.29) is 23.1 Å². The molecule has 3 aromatic rings. The molecule has 3 fully saturated rings. The number of amides is 1. The molecule has 40 heavy (non-hydrogen) atoms. The molecule has 2 spiro atoms. The van der Waals surface area contributed by atoms with E-state index in [0.29, 0.717) is 23.8 Å². The number of aromatic nitrogens is 5. The Bertz CT molecular complexity index is 1380. The Balaban J connectivity index is 1.07. The first-order valence-corrected chi connectivity index (χ1v) is 15.0. The summed E-state index contributed by atoms with van der Waals surface area (Å²) in [6, 6.07) is 5.64. The molecule has 1 saturated heterocycles. The zero-order valence-electron chi connectivity index (χ0n) is 23.7. The van der Waals surface area contributed by atoms with Crippen molar-refractivity contribution in [3.05, 3.63) is 47.5 Å². The molecule has 0 radical (unpaired) electrons. The van der Waals surface area contributed by atoms with Crippen molar-refractivity contribution >= 4 is 11.7 Å². The second-order valence-electron chi connectivity index (χ2n) is 12.6. The molecular formula is C31H39N7O2. The lowest BCUT2D eigenvalue weighted by atomic mass is 9.66. The Labute approximate surface area is 235 Å². The van der Waals surface area contributed by atoms with Crippen molar-refractivity contribution in [2.75, 3.05) is 4.90 Å². The largest absolute Gasteiger partial charge is 0.473 e. The van der Waals surface area contributed by atoms with Gasteiger partial charge in [0.15, 0.2) is 5.82 Å². The van der Waals surface area contributed by atoms with Crippen LogP contribution < -0.4 is 15.0 Å². The lowest BCUT2D eigenvalue weighted by molar-refractivity contribution is -0.00710. The number of nitrogens with zero attached hydrogens (tertiary/aromatic N) is 6. The first kappa shape index (κ1) is 25.6. The molecule has 2 aliphatic heterocycles. The summed E-state index contributed by atoms with van der Waals surface area (Å²) >= 11 is 0. The number of rotatable bonds is 4. The van der Waals surface area contributed by atoms with E-state index in [9.17, 15) is 4.79 Å². The minimum Gasteiger partial charge on any atom is -0.473 e. The Morgan fingerprint density at radius 3 is 2.25 bits per heavy atom. The molecule has 0 atom stereocenters. The van der Waals surface area contributed by atoms with Crippen molar-refractivity contribution in [3.63, 3.8) is 0 Å². The number of aryl methyl sites for hydroxylation is 2. The second-order valence-corrected chi connectivity index (χ2v) is 12.6. The van der Waals surface area contributed by atoms with Crippen LogP contribution >= 0.6 is 0 Å². The SMILES string of the molecule is Cc1nn(C)cc1-c1cnc2c(c1)C(=O)N(c1ccc(OC3CC4(CCCCC4)NC4(CCCCC4)C3)nn1)C2. The molecule has 0 aromatic carbocycles. The minimum absolute atomic E-state index is 0.106. The van der Waals surface area contributed by atoms with Gasteiger partial charge in [0.05, 0.1) is 23.5 Å². The van der Waals surface area contributed by atoms with Gasteiger partial charge in [-0.3, -0.25) is 19.4 Å². The first-order chi connectivity index (χ1) is 19.4. The third-order valence-electron chi connectivity index (χ3n) is 9.66. The van der Waals surface area contributed by atoms with Gasteiger partial charge in [-0.2, -0.15) is 5.10 Å². The van der Waals surface area contributed by atoms with Crippen molar-refractivity contribution < 1.29 is 9.53 Å². The maximum Gasteiger partial charge on any atom is 0.261 e. The topological polar surface area (TPSA) is 98.1 Å². The lowest BCUT2D eigenvalue weighted by Gasteiger charge is -2.55. The van der Waals surface area contributed by atoms with Crippen LogP contribution in [0.5, 0.6) is 5.88 Å². The van der Waals surface area contributed by atoms with E-state index in [2.05, 4.69) is 25.6 Å². The predicted octanol–water partition coefficient (Wildman–Crippen LogP) is 5.28. The average Bonchev–Trinajstić information content (AvgIpc) is 3.46. The summed E-state index contributed by atoms with van der Waals surface area (Å²) in [6.45, 7) is 2.35. The van der Waals surface area contributed by atoms with Crippen LogP contribution in [-0.2, 0) is 13.6 Å². The number of ether oxygens (including phenoxy) is 1. The number of hydrogen-bond acceptors (Lipinski definition) is 7. The molecule has 4 aliphatic rings. The highest BCUT2D eigenvalue weighted by Gasteiger charge is 2.49. The second kappa shape index (κ2) is 9.94. The van der Waals surface area contributed by atoms with Gasteiger partial charge in [-0.15, -0.1) is 10.2 Å². The molecule has 210 valence electrons. The fourth-order valence-electron chi connectivity index (χ4n) is 7.88. The molecule has 2 aliphatic carbocycles. The molecule has 0 bridgehead atoms. The summed E-state index contributed by atoms with van der Waals surface area (Å²) in [5, 5.41) is 17.5. The normalized spacial score (nSPS) is 23.5. The van der Waals surface area contributed by atoms with Gasteiger partial charge in [0, 0.05) is 60.6 Å². The summed E-state index contributed by atoms with van der Waals surface area (Å²) in [5.74, 6) is 0.960. The van der Waals surface area contributed by atoms with Crippen LogP contribution in [0.15, 0.2) is 30.6 Å². The van der Waals surface area contributed by atoms with Gasteiger partial charge in [0.25, 0.3) is 5.91 Å². The Kier molecular flexibility index (Phi) is 6.37. The van der Waals surface area contributed by atoms with E-state index in [1.54, 1.807) is 9.58 Å². The molecule has 5 heterocycles. The molecule has 2 saturated carbocycles. The highest BCUT2D eigenvalue weighted by atomic mass is 16.5. The number of fused-ring (bicyclic) bond motifs is 1. The van der Waals surface area contributed by atoms with Crippen LogP contribution in [-0.4, -0.2) is 48.1 Å². The van der Waals surface area contributed by atoms with Crippen molar-refractivity contribution in [2.45, 2.75) is 108 Å². The van der Waals surface area contributed by atoms with Crippen LogP contribution in [0.25, 0.3) is 11.1 Å². The van der Waals surface area contributed by atoms with E-state index in [4.69, 9.17) is 4.74 Å². The van der Waals surface area contributed by atoms with E-state index in [1.165, 1.54) is 64.2 Å². The van der Waals surface area contributed by atoms with Gasteiger partial charge >= 0.3 is 0 Å². The number of anilines is 1. The summed E-state index contributed by atoms with van der Waals surface area (Å²) in [7, 11) is 1.89. The molecule has 1 amide bonds. The number of carbonyl (C=O) groups excluding carboxylic acids is 1. The van der Waals surface area contributed by atoms with Gasteiger partial charge in [0.2, 0.25) is 5.88 Å². The Morgan fingerprint density at radius 2 is 1.65 bits per heavy atom. The van der Waals surface area contributed by atoms with Crippen LogP contribution in [0.4, 0.5) is 5.82 Å². The van der Waals surface area contributed by atoms with E-state index in [0.717, 1.165) is 35.4 Å². The smallest absolute Gasteiger partial charge is 0.261 e. The number of piperidine rings is 1. The molecule has 1 N–H and O–H groups in total. The van der Waals surface area contributed by atoms with Crippen molar-refractivity contribution in [3.8, 4) is 17.0 Å². The lowest BCUT2D eigenvalue weighted by Crippen LogP contribution is -2.66. The van der Waals surface area contributed by atoms with Crippen LogP contribution in [0.3, 0.4) is 0 Å². The van der Waals surface area contributed by atoms with Gasteiger partial charge in [0.1, 0.15) is 6.10 Å². The van der Waals surface area contributed by atoms with Crippen LogP contribution in [0.1, 0.15) is 98.8 Å². The van der Waals surface area contributed by atoms with Crippen molar-refractivity contribution in [2.24, 2.45) is 7.05 Å². The summed E-state index contributed by atoms with van der Waals surface area (Å²) in [5.41, 5.74) is 4.53. The van der Waals surface area contributed by atoms with Gasteiger partial charge in [-0.05, 0) is 44.7 Å². The monoisotopic (exact) mass is 541 g/mol. The number of hydrogen-bond donors (Lipinski definition) is 1. The Morgan fingerprint density at radius 1 is 0.950 bits per heavy atom. The zero-order chi connectivity index (χ0) is 27.3.